The van der Waals surface area contributed by atoms with Crippen LogP contribution in [0.4, 0.5) is 10.1 Å². The SMILES string of the molecule is CO[C@@H]1CN(C)C(=O)c2ccc(NC(C)=O)cc2OC[C@H](C)N(Cc2ccc(F)cc2)C[C@H]1C. The molecule has 2 aromatic carbocycles. The Kier molecular flexibility index (Phi) is 8.63. The average molecular weight is 472 g/mol. The Bertz CT molecular complexity index is 998. The van der Waals surface area contributed by atoms with Crippen LogP contribution in [0, 0.1) is 11.7 Å². The molecule has 0 unspecified atom stereocenters. The molecule has 0 aromatic heterocycles. The van der Waals surface area contributed by atoms with Gasteiger partial charge in [0.05, 0.1) is 11.7 Å². The molecule has 3 atom stereocenters. The molecule has 34 heavy (non-hydrogen) atoms. The van der Waals surface area contributed by atoms with Crippen molar-refractivity contribution in [2.75, 3.05) is 39.2 Å². The Morgan fingerprint density at radius 3 is 2.53 bits per heavy atom. The van der Waals surface area contributed by atoms with E-state index in [-0.39, 0.29) is 35.7 Å². The largest absolute Gasteiger partial charge is 0.491 e. The number of amides is 2. The maximum Gasteiger partial charge on any atom is 0.257 e. The first kappa shape index (κ1) is 25.6. The van der Waals surface area contributed by atoms with Gasteiger partial charge in [0.1, 0.15) is 18.2 Å². The van der Waals surface area contributed by atoms with Gasteiger partial charge >= 0.3 is 0 Å². The third-order valence-electron chi connectivity index (χ3n) is 6.20. The summed E-state index contributed by atoms with van der Waals surface area (Å²) in [6.45, 7) is 7.69. The summed E-state index contributed by atoms with van der Waals surface area (Å²) in [4.78, 5) is 28.7. The molecule has 0 saturated carbocycles. The lowest BCUT2D eigenvalue weighted by atomic mass is 10.0. The first-order valence-corrected chi connectivity index (χ1v) is 11.5. The molecule has 2 amide bonds. The summed E-state index contributed by atoms with van der Waals surface area (Å²) in [5.41, 5.74) is 1.99. The van der Waals surface area contributed by atoms with Crippen LogP contribution in [0.25, 0.3) is 0 Å². The molecule has 3 rings (SSSR count). The third kappa shape index (κ3) is 6.55. The molecule has 0 fully saturated rings. The molecule has 8 heteroatoms. The second kappa shape index (κ2) is 11.4. The van der Waals surface area contributed by atoms with E-state index in [9.17, 15) is 14.0 Å². The van der Waals surface area contributed by atoms with Gasteiger partial charge in [-0.1, -0.05) is 19.1 Å². The number of methoxy groups -OCH3 is 1. The Morgan fingerprint density at radius 1 is 1.18 bits per heavy atom. The van der Waals surface area contributed by atoms with Crippen molar-refractivity contribution in [3.63, 3.8) is 0 Å². The van der Waals surface area contributed by atoms with Gasteiger partial charge in [0, 0.05) is 58.5 Å². The number of anilines is 1. The highest BCUT2D eigenvalue weighted by molar-refractivity contribution is 5.98. The molecule has 1 aliphatic heterocycles. The van der Waals surface area contributed by atoms with E-state index in [0.29, 0.717) is 43.2 Å². The summed E-state index contributed by atoms with van der Waals surface area (Å²) in [5.74, 6) is -0.0910. The molecular weight excluding hydrogens is 437 g/mol. The monoisotopic (exact) mass is 471 g/mol. The number of likely N-dealkylation sites (N-methyl/N-ethyl adjacent to an activating group) is 1. The van der Waals surface area contributed by atoms with Gasteiger partial charge in [0.15, 0.2) is 0 Å². The summed E-state index contributed by atoms with van der Waals surface area (Å²) in [6.07, 6.45) is -0.167. The third-order valence-corrected chi connectivity index (χ3v) is 6.20. The van der Waals surface area contributed by atoms with Gasteiger partial charge in [-0.2, -0.15) is 0 Å². The molecule has 1 heterocycles. The van der Waals surface area contributed by atoms with E-state index in [1.807, 2.05) is 0 Å². The number of hydrogen-bond donors (Lipinski definition) is 1. The molecule has 0 spiro atoms. The molecule has 0 saturated heterocycles. The minimum Gasteiger partial charge on any atom is -0.491 e. The van der Waals surface area contributed by atoms with Crippen molar-refractivity contribution in [1.29, 1.82) is 0 Å². The molecule has 0 bridgehead atoms. The molecule has 184 valence electrons. The first-order valence-electron chi connectivity index (χ1n) is 11.5. The predicted octanol–water partition coefficient (Wildman–Crippen LogP) is 3.79. The summed E-state index contributed by atoms with van der Waals surface area (Å²) in [6, 6.07) is 11.6. The molecular formula is C26H34FN3O4. The van der Waals surface area contributed by atoms with Gasteiger partial charge in [-0.15, -0.1) is 0 Å². The zero-order valence-electron chi connectivity index (χ0n) is 20.5. The van der Waals surface area contributed by atoms with E-state index in [2.05, 4.69) is 24.1 Å². The first-order chi connectivity index (χ1) is 16.2. The topological polar surface area (TPSA) is 71.1 Å². The van der Waals surface area contributed by atoms with Crippen molar-refractivity contribution in [2.45, 2.75) is 39.5 Å². The standard InChI is InChI=1S/C26H34FN3O4/c1-17-13-30(14-20-6-8-21(27)9-7-20)18(2)16-34-24-12-22(28-19(3)31)10-11-23(24)26(32)29(4)15-25(17)33-5/h6-12,17-18,25H,13-16H2,1-5H3,(H,28,31)/t17-,18+,25-/m1/s1. The van der Waals surface area contributed by atoms with Gasteiger partial charge in [0.2, 0.25) is 5.91 Å². The summed E-state index contributed by atoms with van der Waals surface area (Å²) >= 11 is 0. The summed E-state index contributed by atoms with van der Waals surface area (Å²) < 4.78 is 25.3. The maximum absolute atomic E-state index is 13.4. The summed E-state index contributed by atoms with van der Waals surface area (Å²) in [7, 11) is 3.41. The van der Waals surface area contributed by atoms with E-state index in [4.69, 9.17) is 9.47 Å². The number of ether oxygens (including phenoxy) is 2. The number of rotatable bonds is 4. The molecule has 0 radical (unpaired) electrons. The lowest BCUT2D eigenvalue weighted by molar-refractivity contribution is -0.114. The fourth-order valence-corrected chi connectivity index (χ4v) is 4.17. The van der Waals surface area contributed by atoms with Crippen molar-refractivity contribution in [2.24, 2.45) is 5.92 Å². The minimum atomic E-state index is -0.263. The van der Waals surface area contributed by atoms with Crippen molar-refractivity contribution < 1.29 is 23.5 Å². The quantitative estimate of drug-likeness (QED) is 0.735. The van der Waals surface area contributed by atoms with Crippen molar-refractivity contribution in [3.05, 3.63) is 59.4 Å². The number of nitrogens with zero attached hydrogens (tertiary/aromatic N) is 2. The van der Waals surface area contributed by atoms with Gasteiger partial charge in [-0.3, -0.25) is 14.5 Å². The van der Waals surface area contributed by atoms with E-state index >= 15 is 0 Å². The van der Waals surface area contributed by atoms with Crippen LogP contribution >= 0.6 is 0 Å². The Balaban J connectivity index is 1.94. The van der Waals surface area contributed by atoms with Crippen molar-refractivity contribution in [3.8, 4) is 5.75 Å². The number of carbonyl (C=O) groups is 2. The molecule has 7 nitrogen and oxygen atoms in total. The van der Waals surface area contributed by atoms with E-state index in [1.54, 1.807) is 49.4 Å². The summed E-state index contributed by atoms with van der Waals surface area (Å²) in [5, 5.41) is 2.74. The maximum atomic E-state index is 13.4. The Labute approximate surface area is 200 Å². The van der Waals surface area contributed by atoms with Gasteiger partial charge in [-0.05, 0) is 42.7 Å². The van der Waals surface area contributed by atoms with Crippen LogP contribution in [-0.2, 0) is 16.1 Å². The highest BCUT2D eigenvalue weighted by Gasteiger charge is 2.28. The van der Waals surface area contributed by atoms with Crippen LogP contribution in [0.15, 0.2) is 42.5 Å². The Morgan fingerprint density at radius 2 is 1.88 bits per heavy atom. The fourth-order valence-electron chi connectivity index (χ4n) is 4.17. The number of halogens is 1. The number of hydrogen-bond acceptors (Lipinski definition) is 5. The zero-order chi connectivity index (χ0) is 24.8. The van der Waals surface area contributed by atoms with Crippen LogP contribution in [0.5, 0.6) is 5.75 Å². The van der Waals surface area contributed by atoms with Crippen molar-refractivity contribution in [1.82, 2.24) is 9.80 Å². The molecule has 1 aliphatic rings. The van der Waals surface area contributed by atoms with Gasteiger partial charge < -0.3 is 19.7 Å². The second-order valence-corrected chi connectivity index (χ2v) is 9.05. The minimum absolute atomic E-state index is 0.00506. The van der Waals surface area contributed by atoms with E-state index in [0.717, 1.165) is 5.56 Å². The molecule has 0 aliphatic carbocycles. The number of nitrogens with one attached hydrogen (secondary N) is 1. The number of benzene rings is 2. The number of fused-ring (bicyclic) bond motifs is 1. The molecule has 1 N–H and O–H groups in total. The molecule has 2 aromatic rings. The van der Waals surface area contributed by atoms with E-state index < -0.39 is 0 Å². The zero-order valence-corrected chi connectivity index (χ0v) is 20.5. The van der Waals surface area contributed by atoms with Crippen LogP contribution < -0.4 is 10.1 Å². The lowest BCUT2D eigenvalue weighted by Crippen LogP contribution is -2.46. The highest BCUT2D eigenvalue weighted by atomic mass is 19.1. The van der Waals surface area contributed by atoms with Crippen LogP contribution in [0.2, 0.25) is 0 Å². The fraction of sp³-hybridized carbons (Fsp3) is 0.462. The lowest BCUT2D eigenvalue weighted by Gasteiger charge is -2.36. The second-order valence-electron chi connectivity index (χ2n) is 9.05. The van der Waals surface area contributed by atoms with Gasteiger partial charge in [0.25, 0.3) is 5.91 Å². The van der Waals surface area contributed by atoms with E-state index in [1.165, 1.54) is 19.1 Å². The Hall–Kier alpha value is -2.97. The van der Waals surface area contributed by atoms with Gasteiger partial charge in [-0.25, -0.2) is 4.39 Å². The smallest absolute Gasteiger partial charge is 0.257 e. The average Bonchev–Trinajstić information content (AvgIpc) is 2.80. The van der Waals surface area contributed by atoms with Crippen LogP contribution in [0.1, 0.15) is 36.7 Å². The normalized spacial score (nSPS) is 22.2. The predicted molar refractivity (Wildman–Crippen MR) is 129 cm³/mol. The van der Waals surface area contributed by atoms with Crippen molar-refractivity contribution >= 4 is 17.5 Å². The van der Waals surface area contributed by atoms with Crippen LogP contribution in [-0.4, -0.2) is 67.6 Å². The highest BCUT2D eigenvalue weighted by Crippen LogP contribution is 2.27. The van der Waals surface area contributed by atoms with Crippen LogP contribution in [0.3, 0.4) is 0 Å². The number of carbonyl (C=O) groups excluding carboxylic acids is 2.